The van der Waals surface area contributed by atoms with Crippen LogP contribution in [-0.2, 0) is 12.4 Å². The normalized spacial score (nSPS) is 11.9. The van der Waals surface area contributed by atoms with Crippen LogP contribution < -0.4 is 4.90 Å². The number of benzene rings is 2. The number of carbonyl (C=O) groups is 2. The Morgan fingerprint density at radius 2 is 1.33 bits per heavy atom. The van der Waals surface area contributed by atoms with Crippen LogP contribution in [0, 0.1) is 0 Å². The molecule has 0 saturated carbocycles. The van der Waals surface area contributed by atoms with E-state index in [4.69, 9.17) is 10.2 Å². The predicted octanol–water partition coefficient (Wildman–Crippen LogP) is 5.55. The van der Waals surface area contributed by atoms with Crippen molar-refractivity contribution in [3.05, 3.63) is 53.6 Å². The van der Waals surface area contributed by atoms with Gasteiger partial charge in [0.1, 0.15) is 0 Å². The summed E-state index contributed by atoms with van der Waals surface area (Å²) in [4.78, 5) is 21.9. The first-order valence-corrected chi connectivity index (χ1v) is 6.98. The number of rotatable bonds is 2. The van der Waals surface area contributed by atoms with Gasteiger partial charge in [0.05, 0.1) is 16.8 Å². The maximum Gasteiger partial charge on any atom is 0.421 e. The second-order valence-corrected chi connectivity index (χ2v) is 5.18. The molecule has 5 nitrogen and oxygen atoms in total. The molecule has 0 aliphatic carbocycles. The van der Waals surface area contributed by atoms with Crippen molar-refractivity contribution in [3.8, 4) is 11.1 Å². The van der Waals surface area contributed by atoms with Crippen LogP contribution in [0.25, 0.3) is 11.1 Å². The van der Waals surface area contributed by atoms with Crippen molar-refractivity contribution in [1.29, 1.82) is 0 Å². The van der Waals surface area contributed by atoms with E-state index in [1.807, 2.05) is 0 Å². The maximum atomic E-state index is 13.5. The summed E-state index contributed by atoms with van der Waals surface area (Å²) >= 11 is 0. The number of alkyl halides is 6. The highest BCUT2D eigenvalue weighted by atomic mass is 19.4. The number of hydrogen-bond donors (Lipinski definition) is 2. The summed E-state index contributed by atoms with van der Waals surface area (Å²) in [5.41, 5.74) is -6.23. The number of halogens is 6. The zero-order chi connectivity index (χ0) is 20.6. The van der Waals surface area contributed by atoms with E-state index in [-0.39, 0.29) is 17.7 Å². The van der Waals surface area contributed by atoms with E-state index >= 15 is 0 Å². The molecule has 2 aromatic rings. The molecule has 11 heteroatoms. The minimum Gasteiger partial charge on any atom is -0.464 e. The highest BCUT2D eigenvalue weighted by Crippen LogP contribution is 2.46. The molecule has 2 amide bonds. The van der Waals surface area contributed by atoms with Gasteiger partial charge in [-0.1, -0.05) is 30.3 Å². The SMILES string of the molecule is O=C(O)N(C(=O)O)c1cc(C(F)(F)F)cc(C(F)(F)F)c1-c1ccccc1. The fourth-order valence-corrected chi connectivity index (χ4v) is 2.39. The Morgan fingerprint density at radius 3 is 1.74 bits per heavy atom. The summed E-state index contributed by atoms with van der Waals surface area (Å²) in [7, 11) is 0. The van der Waals surface area contributed by atoms with Crippen LogP contribution in [0.15, 0.2) is 42.5 Å². The number of imide groups is 1. The Bertz CT molecular complexity index is 863. The van der Waals surface area contributed by atoms with Crippen LogP contribution in [0.3, 0.4) is 0 Å². The molecule has 0 aromatic heterocycles. The highest BCUT2D eigenvalue weighted by molar-refractivity contribution is 6.11. The summed E-state index contributed by atoms with van der Waals surface area (Å²) in [6.45, 7) is 0. The number of anilines is 1. The zero-order valence-electron chi connectivity index (χ0n) is 13.0. The molecule has 144 valence electrons. The second-order valence-electron chi connectivity index (χ2n) is 5.18. The van der Waals surface area contributed by atoms with Gasteiger partial charge in [0, 0.05) is 5.56 Å². The van der Waals surface area contributed by atoms with E-state index in [2.05, 4.69) is 0 Å². The monoisotopic (exact) mass is 393 g/mol. The number of carboxylic acid groups (broad SMARTS) is 2. The quantitative estimate of drug-likeness (QED) is 0.656. The molecule has 2 N–H and O–H groups in total. The average Bonchev–Trinajstić information content (AvgIpc) is 2.52. The molecule has 0 atom stereocenters. The Hall–Kier alpha value is -3.24. The third-order valence-electron chi connectivity index (χ3n) is 3.44. The van der Waals surface area contributed by atoms with Gasteiger partial charge in [-0.25, -0.2) is 9.59 Å². The lowest BCUT2D eigenvalue weighted by Crippen LogP contribution is -2.35. The Balaban J connectivity index is 3.02. The molecule has 0 aliphatic rings. The van der Waals surface area contributed by atoms with Crippen molar-refractivity contribution >= 4 is 17.9 Å². The van der Waals surface area contributed by atoms with Gasteiger partial charge >= 0.3 is 24.5 Å². The first-order chi connectivity index (χ1) is 12.3. The van der Waals surface area contributed by atoms with Crippen molar-refractivity contribution in [3.63, 3.8) is 0 Å². The molecule has 0 fully saturated rings. The first kappa shape index (κ1) is 20.1. The van der Waals surface area contributed by atoms with Gasteiger partial charge < -0.3 is 10.2 Å². The van der Waals surface area contributed by atoms with E-state index in [0.717, 1.165) is 12.1 Å². The Labute approximate surface area is 147 Å². The standard InChI is InChI=1S/C16H9F6NO4/c17-15(18,19)9-6-10(16(20,21)22)12(8-4-2-1-3-5-8)11(7-9)23(13(24)25)14(26)27/h1-7H,(H,24,25)(H,26,27). The number of nitrogens with zero attached hydrogens (tertiary/aromatic N) is 1. The predicted molar refractivity (Wildman–Crippen MR) is 80.4 cm³/mol. The number of amides is 2. The van der Waals surface area contributed by atoms with Gasteiger partial charge in [-0.05, 0) is 17.7 Å². The average molecular weight is 393 g/mol. The topological polar surface area (TPSA) is 77.8 Å². The first-order valence-electron chi connectivity index (χ1n) is 6.98. The van der Waals surface area contributed by atoms with Gasteiger partial charge in [-0.15, -0.1) is 0 Å². The zero-order valence-corrected chi connectivity index (χ0v) is 13.0. The molecule has 0 radical (unpaired) electrons. The molecular formula is C16H9F6NO4. The summed E-state index contributed by atoms with van der Waals surface area (Å²) in [5.74, 6) is 0. The summed E-state index contributed by atoms with van der Waals surface area (Å²) in [6, 6.07) is 5.98. The maximum absolute atomic E-state index is 13.5. The van der Waals surface area contributed by atoms with Crippen LogP contribution >= 0.6 is 0 Å². The van der Waals surface area contributed by atoms with Crippen LogP contribution in [0.1, 0.15) is 11.1 Å². The fourth-order valence-electron chi connectivity index (χ4n) is 2.39. The molecule has 0 heterocycles. The lowest BCUT2D eigenvalue weighted by Gasteiger charge is -2.23. The lowest BCUT2D eigenvalue weighted by atomic mass is 9.94. The minimum atomic E-state index is -5.32. The van der Waals surface area contributed by atoms with Gasteiger partial charge in [0.25, 0.3) is 0 Å². The third kappa shape index (κ3) is 4.13. The summed E-state index contributed by atoms with van der Waals surface area (Å²) in [6.07, 6.45) is -15.1. The smallest absolute Gasteiger partial charge is 0.421 e. The van der Waals surface area contributed by atoms with Gasteiger partial charge in [0.2, 0.25) is 0 Å². The molecule has 0 aliphatic heterocycles. The summed E-state index contributed by atoms with van der Waals surface area (Å²) < 4.78 is 79.6. The van der Waals surface area contributed by atoms with Crippen LogP contribution in [0.4, 0.5) is 41.6 Å². The Kier molecular flexibility index (Phi) is 5.07. The molecule has 27 heavy (non-hydrogen) atoms. The minimum absolute atomic E-state index is 0.0554. The van der Waals surface area contributed by atoms with E-state index in [0.29, 0.717) is 0 Å². The fraction of sp³-hybridized carbons (Fsp3) is 0.125. The molecule has 0 unspecified atom stereocenters. The summed E-state index contributed by atoms with van der Waals surface area (Å²) in [5, 5.41) is 18.1. The molecule has 2 rings (SSSR count). The van der Waals surface area contributed by atoms with Crippen molar-refractivity contribution in [1.82, 2.24) is 0 Å². The highest BCUT2D eigenvalue weighted by Gasteiger charge is 2.42. The van der Waals surface area contributed by atoms with Crippen LogP contribution in [0.5, 0.6) is 0 Å². The van der Waals surface area contributed by atoms with Crippen molar-refractivity contribution in [2.24, 2.45) is 0 Å². The van der Waals surface area contributed by atoms with Gasteiger partial charge in [0.15, 0.2) is 0 Å². The second kappa shape index (κ2) is 6.82. The number of hydrogen-bond acceptors (Lipinski definition) is 2. The van der Waals surface area contributed by atoms with Crippen molar-refractivity contribution in [2.45, 2.75) is 12.4 Å². The molecular weight excluding hydrogens is 384 g/mol. The molecule has 0 spiro atoms. The van der Waals surface area contributed by atoms with E-state index < -0.39 is 51.8 Å². The molecule has 0 bridgehead atoms. The van der Waals surface area contributed by atoms with E-state index in [1.165, 1.54) is 18.2 Å². The van der Waals surface area contributed by atoms with Crippen LogP contribution in [0.2, 0.25) is 0 Å². The van der Waals surface area contributed by atoms with Crippen molar-refractivity contribution < 1.29 is 46.1 Å². The van der Waals surface area contributed by atoms with E-state index in [9.17, 15) is 35.9 Å². The largest absolute Gasteiger partial charge is 0.464 e. The third-order valence-corrected chi connectivity index (χ3v) is 3.44. The Morgan fingerprint density at radius 1 is 0.815 bits per heavy atom. The van der Waals surface area contributed by atoms with E-state index in [1.54, 1.807) is 0 Å². The van der Waals surface area contributed by atoms with Gasteiger partial charge in [-0.3, -0.25) is 0 Å². The van der Waals surface area contributed by atoms with Gasteiger partial charge in [-0.2, -0.15) is 31.2 Å². The lowest BCUT2D eigenvalue weighted by molar-refractivity contribution is -0.142. The molecule has 2 aromatic carbocycles. The van der Waals surface area contributed by atoms with Crippen molar-refractivity contribution in [2.75, 3.05) is 4.90 Å². The van der Waals surface area contributed by atoms with Crippen LogP contribution in [-0.4, -0.2) is 22.4 Å². The molecule has 0 saturated heterocycles.